The van der Waals surface area contributed by atoms with Crippen LogP contribution in [0.25, 0.3) is 0 Å². The van der Waals surface area contributed by atoms with Gasteiger partial charge in [0.2, 0.25) is 0 Å². The Kier molecular flexibility index (Phi) is 8.70. The van der Waals surface area contributed by atoms with Gasteiger partial charge in [0.25, 0.3) is 0 Å². The van der Waals surface area contributed by atoms with E-state index in [9.17, 15) is 0 Å². The van der Waals surface area contributed by atoms with Gasteiger partial charge in [-0.15, -0.1) is 0 Å². The van der Waals surface area contributed by atoms with Crippen LogP contribution in [0.5, 0.6) is 0 Å². The van der Waals surface area contributed by atoms with Gasteiger partial charge in [0.1, 0.15) is 0 Å². The Morgan fingerprint density at radius 1 is 1.40 bits per heavy atom. The van der Waals surface area contributed by atoms with Gasteiger partial charge < -0.3 is 12.7 Å². The second kappa shape index (κ2) is 6.15. The van der Waals surface area contributed by atoms with Crippen molar-refractivity contribution in [3.63, 3.8) is 0 Å². The summed E-state index contributed by atoms with van der Waals surface area (Å²) in [4.78, 5) is 0. The van der Waals surface area contributed by atoms with Crippen molar-refractivity contribution >= 4 is 0 Å². The molecule has 0 saturated carbocycles. The zero-order valence-electron chi connectivity index (χ0n) is 7.83. The smallest absolute Gasteiger partial charge is 0.358 e. The maximum atomic E-state index is 3.29. The van der Waals surface area contributed by atoms with Crippen molar-refractivity contribution in [2.45, 2.75) is 26.7 Å². The van der Waals surface area contributed by atoms with Gasteiger partial charge in [-0.2, -0.15) is 0 Å². The molecule has 1 rings (SSSR count). The summed E-state index contributed by atoms with van der Waals surface area (Å²) >= 11 is 0. The van der Waals surface area contributed by atoms with Gasteiger partial charge in [0.05, 0.1) is 0 Å². The summed E-state index contributed by atoms with van der Waals surface area (Å²) in [5, 5.41) is 3.29. The Balaban J connectivity index is 0. The van der Waals surface area contributed by atoms with Crippen LogP contribution in [-0.2, 0) is 0 Å². The summed E-state index contributed by atoms with van der Waals surface area (Å²) in [6.45, 7) is 7.08. The van der Waals surface area contributed by atoms with Gasteiger partial charge >= 0.3 is 51.4 Å². The minimum Gasteiger partial charge on any atom is -0.358 e. The van der Waals surface area contributed by atoms with Crippen LogP contribution in [0.4, 0.5) is 0 Å². The third-order valence-corrected chi connectivity index (χ3v) is 1.96. The van der Waals surface area contributed by atoms with Crippen LogP contribution in [0.1, 0.15) is 26.7 Å². The van der Waals surface area contributed by atoms with Crippen molar-refractivity contribution in [2.75, 3.05) is 13.1 Å². The van der Waals surface area contributed by atoms with Gasteiger partial charge in [0, 0.05) is 13.1 Å². The van der Waals surface area contributed by atoms with E-state index in [1.54, 1.807) is 0 Å². The first-order valence-electron chi connectivity index (χ1n) is 3.47. The fraction of sp³-hybridized carbons (Fsp3) is 0.875. The maximum Gasteiger partial charge on any atom is 1.00 e. The van der Waals surface area contributed by atoms with E-state index in [-0.39, 0.29) is 58.8 Å². The molecule has 2 heteroatoms. The quantitative estimate of drug-likeness (QED) is 0.405. The predicted octanol–water partition coefficient (Wildman–Crippen LogP) is -1.15. The van der Waals surface area contributed by atoms with Gasteiger partial charge in [-0.05, 0) is 11.8 Å². The van der Waals surface area contributed by atoms with Crippen molar-refractivity contribution in [3.05, 3.63) is 7.43 Å². The molecule has 0 aromatic carbocycles. The first kappa shape index (κ1) is 14.1. The third kappa shape index (κ3) is 3.84. The number of rotatable bonds is 2. The van der Waals surface area contributed by atoms with E-state index in [2.05, 4.69) is 19.2 Å². The molecule has 0 unspecified atom stereocenters. The van der Waals surface area contributed by atoms with Crippen molar-refractivity contribution in [1.29, 1.82) is 0 Å². The van der Waals surface area contributed by atoms with Gasteiger partial charge in [-0.3, -0.25) is 0 Å². The minimum atomic E-state index is 0. The molecule has 0 atom stereocenters. The van der Waals surface area contributed by atoms with Crippen LogP contribution < -0.4 is 56.7 Å². The summed E-state index contributed by atoms with van der Waals surface area (Å²) in [7, 11) is 0. The molecule has 1 N–H and O–H groups in total. The van der Waals surface area contributed by atoms with Gasteiger partial charge in [-0.25, -0.2) is 0 Å². The molecule has 10 heavy (non-hydrogen) atoms. The van der Waals surface area contributed by atoms with Crippen LogP contribution in [0.3, 0.4) is 0 Å². The van der Waals surface area contributed by atoms with E-state index >= 15 is 0 Å². The summed E-state index contributed by atoms with van der Waals surface area (Å²) in [5.74, 6) is 0. The fourth-order valence-corrected chi connectivity index (χ4v) is 1.33. The van der Waals surface area contributed by atoms with E-state index < -0.39 is 0 Å². The van der Waals surface area contributed by atoms with Crippen LogP contribution in [0.2, 0.25) is 0 Å². The van der Waals surface area contributed by atoms with Crippen LogP contribution in [-0.4, -0.2) is 13.1 Å². The second-order valence-electron chi connectivity index (χ2n) is 3.16. The van der Waals surface area contributed by atoms with E-state index in [0.717, 1.165) is 0 Å². The number of hydrogen-bond acceptors (Lipinski definition) is 1. The molecule has 0 aromatic heterocycles. The average Bonchev–Trinajstić information content (AvgIpc) is 1.64. The first-order chi connectivity index (χ1) is 3.77. The molecule has 1 aliphatic heterocycles. The maximum absolute atomic E-state index is 3.29. The molecule has 1 heterocycles. The van der Waals surface area contributed by atoms with E-state index in [4.69, 9.17) is 0 Å². The summed E-state index contributed by atoms with van der Waals surface area (Å²) in [6, 6.07) is 0. The molecular weight excluding hydrogens is 149 g/mol. The standard InChI is InChI=1S/C7H15N.CH3.K/c1-3-4-7(2)5-8-6-7;;/h8H,3-6H2,1-2H3;1H3;/q;-1;+1. The molecule has 0 radical (unpaired) electrons. The van der Waals surface area contributed by atoms with Crippen molar-refractivity contribution in [3.8, 4) is 0 Å². The molecule has 0 amide bonds. The molecule has 0 aromatic rings. The SMILES string of the molecule is CCCC1(C)CNC1.[CH3-].[K+]. The summed E-state index contributed by atoms with van der Waals surface area (Å²) in [6.07, 6.45) is 2.72. The Labute approximate surface area is 108 Å². The fourth-order valence-electron chi connectivity index (χ4n) is 1.33. The van der Waals surface area contributed by atoms with Crippen molar-refractivity contribution < 1.29 is 51.4 Å². The molecule has 1 aliphatic rings. The van der Waals surface area contributed by atoms with Crippen molar-refractivity contribution in [1.82, 2.24) is 5.32 Å². The molecule has 0 spiro atoms. The summed E-state index contributed by atoms with van der Waals surface area (Å²) in [5.41, 5.74) is 0.661. The molecule has 56 valence electrons. The zero-order valence-corrected chi connectivity index (χ0v) is 11.0. The van der Waals surface area contributed by atoms with Crippen LogP contribution in [0, 0.1) is 12.8 Å². The number of hydrogen-bond donors (Lipinski definition) is 1. The molecule has 1 nitrogen and oxygen atoms in total. The second-order valence-corrected chi connectivity index (χ2v) is 3.16. The predicted molar refractivity (Wildman–Crippen MR) is 42.3 cm³/mol. The van der Waals surface area contributed by atoms with E-state index in [0.29, 0.717) is 5.41 Å². The van der Waals surface area contributed by atoms with Gasteiger partial charge in [-0.1, -0.05) is 20.3 Å². The molecule has 1 saturated heterocycles. The third-order valence-electron chi connectivity index (χ3n) is 1.96. The largest absolute Gasteiger partial charge is 1.00 e. The van der Waals surface area contributed by atoms with Crippen molar-refractivity contribution in [2.24, 2.45) is 5.41 Å². The summed E-state index contributed by atoms with van der Waals surface area (Å²) < 4.78 is 0. The van der Waals surface area contributed by atoms with Crippen LogP contribution in [0.15, 0.2) is 0 Å². The average molecular weight is 167 g/mol. The van der Waals surface area contributed by atoms with E-state index in [1.165, 1.54) is 25.9 Å². The number of nitrogens with one attached hydrogen (secondary N) is 1. The monoisotopic (exact) mass is 167 g/mol. The van der Waals surface area contributed by atoms with Crippen LogP contribution >= 0.6 is 0 Å². The molecule has 1 fully saturated rings. The molecular formula is C8H18KN. The first-order valence-corrected chi connectivity index (χ1v) is 3.47. The Morgan fingerprint density at radius 3 is 2.00 bits per heavy atom. The molecule has 0 bridgehead atoms. The Morgan fingerprint density at radius 2 is 1.90 bits per heavy atom. The Hall–Kier alpha value is 1.60. The zero-order chi connectivity index (χ0) is 6.04. The van der Waals surface area contributed by atoms with Gasteiger partial charge in [0.15, 0.2) is 0 Å². The normalized spacial score (nSPS) is 19.8. The Bertz CT molecular complexity index is 79.3. The minimum absolute atomic E-state index is 0. The molecule has 0 aliphatic carbocycles. The van der Waals surface area contributed by atoms with E-state index in [1.807, 2.05) is 0 Å². The topological polar surface area (TPSA) is 12.0 Å².